The zero-order valence-electron chi connectivity index (χ0n) is 16.1. The first-order chi connectivity index (χ1) is 14.7. The Hall–Kier alpha value is -2.95. The lowest BCUT2D eigenvalue weighted by molar-refractivity contribution is -0.138. The molecule has 3 aromatic rings. The topological polar surface area (TPSA) is 71.7 Å². The highest BCUT2D eigenvalue weighted by Gasteiger charge is 2.32. The lowest BCUT2D eigenvalue weighted by atomic mass is 9.93. The molecule has 31 heavy (non-hydrogen) atoms. The number of aliphatic hydroxyl groups is 1. The van der Waals surface area contributed by atoms with Gasteiger partial charge in [-0.2, -0.15) is 22.0 Å². The van der Waals surface area contributed by atoms with Crippen molar-refractivity contribution in [2.24, 2.45) is 0 Å². The lowest BCUT2D eigenvalue weighted by Crippen LogP contribution is -2.31. The molecule has 1 saturated carbocycles. The number of hydrogen-bond acceptors (Lipinski definition) is 5. The van der Waals surface area contributed by atoms with Gasteiger partial charge in [-0.25, -0.2) is 0 Å². The number of aromatic nitrogens is 3. The van der Waals surface area contributed by atoms with Gasteiger partial charge < -0.3 is 15.2 Å². The van der Waals surface area contributed by atoms with E-state index in [0.29, 0.717) is 24.0 Å². The Labute approximate surface area is 173 Å². The van der Waals surface area contributed by atoms with Gasteiger partial charge in [0, 0.05) is 17.8 Å². The van der Waals surface area contributed by atoms with Crippen LogP contribution in [-0.4, -0.2) is 38.5 Å². The Kier molecular flexibility index (Phi) is 5.69. The summed E-state index contributed by atoms with van der Waals surface area (Å²) in [5.74, 6) is -0.260. The van der Waals surface area contributed by atoms with E-state index < -0.39 is 30.2 Å². The number of fused-ring (bicyclic) bond motifs is 1. The summed E-state index contributed by atoms with van der Waals surface area (Å²) < 4.78 is 70.9. The molecular formula is C20H19F5N4O2. The summed E-state index contributed by atoms with van der Waals surface area (Å²) in [7, 11) is 0. The van der Waals surface area contributed by atoms with Crippen molar-refractivity contribution in [3.8, 4) is 17.0 Å². The highest BCUT2D eigenvalue weighted by atomic mass is 19.4. The van der Waals surface area contributed by atoms with Gasteiger partial charge >= 0.3 is 12.8 Å². The van der Waals surface area contributed by atoms with Gasteiger partial charge in [0.1, 0.15) is 11.4 Å². The molecule has 1 fully saturated rings. The van der Waals surface area contributed by atoms with Crippen LogP contribution in [0.5, 0.6) is 5.75 Å². The van der Waals surface area contributed by atoms with Crippen molar-refractivity contribution >= 4 is 11.5 Å². The number of rotatable bonds is 5. The van der Waals surface area contributed by atoms with Crippen molar-refractivity contribution in [2.45, 2.75) is 50.6 Å². The van der Waals surface area contributed by atoms with Crippen LogP contribution in [0.4, 0.5) is 27.9 Å². The van der Waals surface area contributed by atoms with Crippen LogP contribution in [0.3, 0.4) is 0 Å². The summed E-state index contributed by atoms with van der Waals surface area (Å²) in [6.07, 6.45) is -0.451. The minimum absolute atomic E-state index is 0.0155. The van der Waals surface area contributed by atoms with Gasteiger partial charge in [0.2, 0.25) is 5.95 Å². The number of ether oxygens (including phenoxy) is 1. The van der Waals surface area contributed by atoms with Crippen molar-refractivity contribution in [3.63, 3.8) is 0 Å². The predicted molar refractivity (Wildman–Crippen MR) is 102 cm³/mol. The molecule has 0 bridgehead atoms. The van der Waals surface area contributed by atoms with Gasteiger partial charge in [0.25, 0.3) is 0 Å². The third-order valence-electron chi connectivity index (χ3n) is 5.22. The largest absolute Gasteiger partial charge is 0.434 e. The number of hydrogen-bond donors (Lipinski definition) is 2. The molecular weight excluding hydrogens is 423 g/mol. The second kappa shape index (κ2) is 8.29. The molecule has 4 rings (SSSR count). The second-order valence-corrected chi connectivity index (χ2v) is 7.38. The van der Waals surface area contributed by atoms with Crippen LogP contribution in [0.2, 0.25) is 0 Å². The van der Waals surface area contributed by atoms with Crippen LogP contribution in [-0.2, 0) is 6.18 Å². The van der Waals surface area contributed by atoms with Gasteiger partial charge in [0.15, 0.2) is 0 Å². The van der Waals surface area contributed by atoms with E-state index in [9.17, 15) is 27.1 Å². The number of halogens is 5. The molecule has 2 atom stereocenters. The Morgan fingerprint density at radius 1 is 1.16 bits per heavy atom. The van der Waals surface area contributed by atoms with E-state index in [4.69, 9.17) is 0 Å². The number of nitrogens with one attached hydrogen (secondary N) is 1. The highest BCUT2D eigenvalue weighted by Crippen LogP contribution is 2.38. The number of alkyl halides is 5. The number of benzene rings is 1. The standard InChI is InChI=1S/C20H19F5N4O2/c21-18(22)31-16-9-11(20(23,24)25)6-7-14(16)17-15-5-2-8-29(15)19(28-27-17)26-12-3-1-4-13(30)10-12/h2,5-9,12-13,18,30H,1,3-4,10H2,(H,26,28)/t12-,13+/m1/s1. The zero-order chi connectivity index (χ0) is 22.2. The summed E-state index contributed by atoms with van der Waals surface area (Å²) in [4.78, 5) is 0. The van der Waals surface area contributed by atoms with Crippen LogP contribution < -0.4 is 10.1 Å². The maximum Gasteiger partial charge on any atom is 0.416 e. The molecule has 1 aromatic carbocycles. The molecule has 0 saturated heterocycles. The maximum atomic E-state index is 13.0. The second-order valence-electron chi connectivity index (χ2n) is 7.38. The Balaban J connectivity index is 1.74. The van der Waals surface area contributed by atoms with Crippen molar-refractivity contribution < 1.29 is 31.8 Å². The minimum atomic E-state index is -4.72. The quantitative estimate of drug-likeness (QED) is 0.559. The molecule has 0 spiro atoms. The van der Waals surface area contributed by atoms with Gasteiger partial charge in [-0.1, -0.05) is 0 Å². The fourth-order valence-corrected chi connectivity index (χ4v) is 3.81. The molecule has 0 radical (unpaired) electrons. The van der Waals surface area contributed by atoms with Crippen LogP contribution in [0.1, 0.15) is 31.2 Å². The molecule has 0 amide bonds. The fraction of sp³-hybridized carbons (Fsp3) is 0.400. The molecule has 0 aliphatic heterocycles. The molecule has 0 unspecified atom stereocenters. The first-order valence-electron chi connectivity index (χ1n) is 9.67. The van der Waals surface area contributed by atoms with Crippen LogP contribution in [0.25, 0.3) is 16.8 Å². The number of aliphatic hydroxyl groups excluding tert-OH is 1. The van der Waals surface area contributed by atoms with E-state index in [1.807, 2.05) is 0 Å². The summed E-state index contributed by atoms with van der Waals surface area (Å²) in [5, 5.41) is 21.3. The summed E-state index contributed by atoms with van der Waals surface area (Å²) in [6, 6.07) is 5.67. The van der Waals surface area contributed by atoms with E-state index in [0.717, 1.165) is 31.4 Å². The number of nitrogens with zero attached hydrogens (tertiary/aromatic N) is 3. The maximum absolute atomic E-state index is 13.0. The van der Waals surface area contributed by atoms with Crippen molar-refractivity contribution in [1.82, 2.24) is 14.6 Å². The molecule has 1 aliphatic rings. The summed E-state index contributed by atoms with van der Waals surface area (Å²) >= 11 is 0. The van der Waals surface area contributed by atoms with Crippen LogP contribution in [0.15, 0.2) is 36.5 Å². The minimum Gasteiger partial charge on any atom is -0.434 e. The smallest absolute Gasteiger partial charge is 0.416 e. The zero-order valence-corrected chi connectivity index (χ0v) is 16.1. The van der Waals surface area contributed by atoms with Gasteiger partial charge in [-0.05, 0) is 56.0 Å². The van der Waals surface area contributed by atoms with Crippen molar-refractivity contribution in [1.29, 1.82) is 0 Å². The van der Waals surface area contributed by atoms with E-state index >= 15 is 0 Å². The van der Waals surface area contributed by atoms with Crippen LogP contribution in [0, 0.1) is 0 Å². The Morgan fingerprint density at radius 3 is 2.68 bits per heavy atom. The van der Waals surface area contributed by atoms with E-state index in [-0.39, 0.29) is 17.3 Å². The highest BCUT2D eigenvalue weighted by molar-refractivity contribution is 5.81. The van der Waals surface area contributed by atoms with Crippen LogP contribution >= 0.6 is 0 Å². The first kappa shape index (κ1) is 21.3. The van der Waals surface area contributed by atoms with E-state index in [2.05, 4.69) is 20.3 Å². The van der Waals surface area contributed by atoms with E-state index in [1.54, 1.807) is 22.7 Å². The summed E-state index contributed by atoms with van der Waals surface area (Å²) in [6.45, 7) is -3.31. The van der Waals surface area contributed by atoms with Gasteiger partial charge in [-0.3, -0.25) is 4.40 Å². The average molecular weight is 442 g/mol. The monoisotopic (exact) mass is 442 g/mol. The third-order valence-corrected chi connectivity index (χ3v) is 5.22. The molecule has 2 aromatic heterocycles. The van der Waals surface area contributed by atoms with Crippen molar-refractivity contribution in [3.05, 3.63) is 42.1 Å². The fourth-order valence-electron chi connectivity index (χ4n) is 3.81. The third kappa shape index (κ3) is 4.55. The molecule has 2 N–H and O–H groups in total. The number of anilines is 1. The summed E-state index contributed by atoms with van der Waals surface area (Å²) in [5.41, 5.74) is -0.596. The predicted octanol–water partition coefficient (Wildman–Crippen LogP) is 4.73. The molecule has 1 aliphatic carbocycles. The Bertz CT molecular complexity index is 1070. The molecule has 166 valence electrons. The van der Waals surface area contributed by atoms with Gasteiger partial charge in [0.05, 0.1) is 17.2 Å². The average Bonchev–Trinajstić information content (AvgIpc) is 3.18. The first-order valence-corrected chi connectivity index (χ1v) is 9.67. The Morgan fingerprint density at radius 2 is 1.97 bits per heavy atom. The lowest BCUT2D eigenvalue weighted by Gasteiger charge is -2.27. The van der Waals surface area contributed by atoms with Gasteiger partial charge in [-0.15, -0.1) is 10.2 Å². The molecule has 2 heterocycles. The SMILES string of the molecule is O[C@H]1CCC[C@@H](Nc2nnc(-c3ccc(C(F)(F)F)cc3OC(F)F)c3cccn23)C1. The van der Waals surface area contributed by atoms with E-state index in [1.165, 1.54) is 0 Å². The molecule has 6 nitrogen and oxygen atoms in total. The molecule has 11 heteroatoms. The normalized spacial score (nSPS) is 19.7. The van der Waals surface area contributed by atoms with Crippen molar-refractivity contribution in [2.75, 3.05) is 5.32 Å².